The molecule has 6 heteroatoms. The van der Waals surface area contributed by atoms with Crippen LogP contribution >= 0.6 is 0 Å². The Hall–Kier alpha value is -3.80. The zero-order chi connectivity index (χ0) is 21.1. The second-order valence-corrected chi connectivity index (χ2v) is 6.98. The van der Waals surface area contributed by atoms with Gasteiger partial charge in [-0.05, 0) is 41.8 Å². The van der Waals surface area contributed by atoms with Gasteiger partial charge in [0.2, 0.25) is 5.78 Å². The number of methoxy groups -OCH3 is 1. The van der Waals surface area contributed by atoms with Gasteiger partial charge < -0.3 is 19.2 Å². The van der Waals surface area contributed by atoms with E-state index in [0.717, 1.165) is 16.9 Å². The summed E-state index contributed by atoms with van der Waals surface area (Å²) in [5.74, 6) is -0.745. The molecule has 0 saturated carbocycles. The largest absolute Gasteiger partial charge is 0.503 e. The van der Waals surface area contributed by atoms with E-state index >= 15 is 0 Å². The summed E-state index contributed by atoms with van der Waals surface area (Å²) in [6.07, 6.45) is 1.95. The second-order valence-electron chi connectivity index (χ2n) is 6.98. The Morgan fingerprint density at radius 1 is 1.07 bits per heavy atom. The summed E-state index contributed by atoms with van der Waals surface area (Å²) < 4.78 is 10.4. The van der Waals surface area contributed by atoms with E-state index in [9.17, 15) is 14.7 Å². The van der Waals surface area contributed by atoms with Crippen molar-refractivity contribution in [2.24, 2.45) is 0 Å². The third-order valence-electron chi connectivity index (χ3n) is 5.21. The molecule has 1 aromatic heterocycles. The van der Waals surface area contributed by atoms with Gasteiger partial charge in [0.1, 0.15) is 5.75 Å². The molecule has 1 N–H and O–H groups in total. The molecule has 6 nitrogen and oxygen atoms in total. The number of nitrogens with zero attached hydrogens (tertiary/aromatic N) is 1. The van der Waals surface area contributed by atoms with Gasteiger partial charge >= 0.3 is 0 Å². The van der Waals surface area contributed by atoms with Gasteiger partial charge in [-0.3, -0.25) is 9.59 Å². The fourth-order valence-electron chi connectivity index (χ4n) is 3.68. The number of Topliss-reactive ketones (excluding diaryl/α,β-unsaturated/α-hetero) is 1. The number of rotatable bonds is 7. The van der Waals surface area contributed by atoms with Gasteiger partial charge in [0.15, 0.2) is 11.5 Å². The summed E-state index contributed by atoms with van der Waals surface area (Å²) >= 11 is 0. The van der Waals surface area contributed by atoms with Crippen LogP contribution < -0.4 is 4.74 Å². The SMILES string of the molecule is COc1ccc(CCN2C(=O)C(O)=C(C(=O)c3ccco3)C2c2ccccc2)cc1. The van der Waals surface area contributed by atoms with Gasteiger partial charge in [0.05, 0.1) is 25.0 Å². The number of carbonyl (C=O) groups excluding carboxylic acids is 2. The van der Waals surface area contributed by atoms with Crippen LogP contribution in [0.15, 0.2) is 88.7 Å². The standard InChI is InChI=1S/C24H21NO5/c1-29-18-11-9-16(10-12-18)13-14-25-21(17-6-3-2-4-7-17)20(23(27)24(25)28)22(26)19-8-5-15-30-19/h2-12,15,21,27H,13-14H2,1H3. The van der Waals surface area contributed by atoms with Crippen molar-refractivity contribution >= 4 is 11.7 Å². The van der Waals surface area contributed by atoms with E-state index in [-0.39, 0.29) is 11.3 Å². The van der Waals surface area contributed by atoms with Gasteiger partial charge in [-0.1, -0.05) is 42.5 Å². The first kappa shape index (κ1) is 19.5. The van der Waals surface area contributed by atoms with Gasteiger partial charge in [-0.2, -0.15) is 0 Å². The summed E-state index contributed by atoms with van der Waals surface area (Å²) in [5.41, 5.74) is 1.80. The molecular formula is C24H21NO5. The summed E-state index contributed by atoms with van der Waals surface area (Å²) in [6, 6.07) is 19.2. The van der Waals surface area contributed by atoms with E-state index in [4.69, 9.17) is 9.15 Å². The van der Waals surface area contributed by atoms with Crippen LogP contribution in [0.1, 0.15) is 27.7 Å². The lowest BCUT2D eigenvalue weighted by molar-refractivity contribution is -0.129. The molecule has 30 heavy (non-hydrogen) atoms. The van der Waals surface area contributed by atoms with Gasteiger partial charge in [-0.15, -0.1) is 0 Å². The number of aliphatic hydroxyl groups excluding tert-OH is 1. The summed E-state index contributed by atoms with van der Waals surface area (Å²) in [6.45, 7) is 0.337. The monoisotopic (exact) mass is 403 g/mol. The lowest BCUT2D eigenvalue weighted by atomic mass is 9.95. The number of carbonyl (C=O) groups is 2. The maximum atomic E-state index is 13.0. The molecule has 2 aromatic carbocycles. The normalized spacial score (nSPS) is 16.2. The lowest BCUT2D eigenvalue weighted by Crippen LogP contribution is -2.33. The molecule has 0 aliphatic carbocycles. The van der Waals surface area contributed by atoms with Crippen LogP contribution in [-0.4, -0.2) is 35.4 Å². The Bertz CT molecular complexity index is 1070. The van der Waals surface area contributed by atoms with Crippen molar-refractivity contribution < 1.29 is 23.8 Å². The molecule has 0 fully saturated rings. The first-order valence-corrected chi connectivity index (χ1v) is 9.60. The molecule has 3 aromatic rings. The predicted octanol–water partition coefficient (Wildman–Crippen LogP) is 4.11. The Labute approximate surface area is 174 Å². The van der Waals surface area contributed by atoms with Gasteiger partial charge in [-0.25, -0.2) is 0 Å². The molecule has 0 saturated heterocycles. The van der Waals surface area contributed by atoms with E-state index in [1.54, 1.807) is 13.2 Å². The molecule has 2 heterocycles. The van der Waals surface area contributed by atoms with E-state index in [1.807, 2.05) is 54.6 Å². The van der Waals surface area contributed by atoms with Crippen LogP contribution in [0.4, 0.5) is 0 Å². The van der Waals surface area contributed by atoms with Gasteiger partial charge in [0, 0.05) is 6.54 Å². The maximum absolute atomic E-state index is 13.0. The number of amides is 1. The van der Waals surface area contributed by atoms with Crippen molar-refractivity contribution in [2.75, 3.05) is 13.7 Å². The maximum Gasteiger partial charge on any atom is 0.290 e. The minimum atomic E-state index is -0.686. The Morgan fingerprint density at radius 2 is 1.80 bits per heavy atom. The molecule has 4 rings (SSSR count). The third kappa shape index (κ3) is 3.59. The molecule has 1 amide bonds. The van der Waals surface area contributed by atoms with Crippen molar-refractivity contribution in [3.05, 3.63) is 101 Å². The number of ether oxygens (including phenoxy) is 1. The minimum Gasteiger partial charge on any atom is -0.503 e. The summed E-state index contributed by atoms with van der Waals surface area (Å²) in [7, 11) is 1.61. The van der Waals surface area contributed by atoms with Crippen LogP contribution in [0.25, 0.3) is 0 Å². The van der Waals surface area contributed by atoms with Crippen molar-refractivity contribution in [3.63, 3.8) is 0 Å². The first-order chi connectivity index (χ1) is 14.6. The third-order valence-corrected chi connectivity index (χ3v) is 5.21. The minimum absolute atomic E-state index is 0.0379. The van der Waals surface area contributed by atoms with Crippen molar-refractivity contribution in [1.82, 2.24) is 4.90 Å². The van der Waals surface area contributed by atoms with Gasteiger partial charge in [0.25, 0.3) is 5.91 Å². The topological polar surface area (TPSA) is 80.0 Å². The number of aliphatic hydroxyl groups is 1. The molecular weight excluding hydrogens is 382 g/mol. The average Bonchev–Trinajstić information content (AvgIpc) is 3.41. The van der Waals surface area contributed by atoms with E-state index in [0.29, 0.717) is 13.0 Å². The Kier molecular flexibility index (Phi) is 5.39. The fourth-order valence-corrected chi connectivity index (χ4v) is 3.68. The fraction of sp³-hybridized carbons (Fsp3) is 0.167. The zero-order valence-electron chi connectivity index (χ0n) is 16.4. The van der Waals surface area contributed by atoms with Crippen LogP contribution in [0.2, 0.25) is 0 Å². The van der Waals surface area contributed by atoms with E-state index < -0.39 is 23.5 Å². The molecule has 0 radical (unpaired) electrons. The van der Waals surface area contributed by atoms with Crippen molar-refractivity contribution in [3.8, 4) is 5.75 Å². The Morgan fingerprint density at radius 3 is 2.43 bits per heavy atom. The number of benzene rings is 2. The molecule has 1 aliphatic heterocycles. The predicted molar refractivity (Wildman–Crippen MR) is 110 cm³/mol. The molecule has 1 unspecified atom stereocenters. The van der Waals surface area contributed by atoms with Crippen molar-refractivity contribution in [2.45, 2.75) is 12.5 Å². The van der Waals surface area contributed by atoms with E-state index in [1.165, 1.54) is 17.2 Å². The number of hydrogen-bond donors (Lipinski definition) is 1. The van der Waals surface area contributed by atoms with Crippen LogP contribution in [0.5, 0.6) is 5.75 Å². The molecule has 152 valence electrons. The highest BCUT2D eigenvalue weighted by atomic mass is 16.5. The average molecular weight is 403 g/mol. The van der Waals surface area contributed by atoms with E-state index in [2.05, 4.69) is 0 Å². The Balaban J connectivity index is 1.65. The van der Waals surface area contributed by atoms with Crippen molar-refractivity contribution in [1.29, 1.82) is 0 Å². The molecule has 1 atom stereocenters. The second kappa shape index (κ2) is 8.29. The first-order valence-electron chi connectivity index (χ1n) is 9.60. The number of furan rings is 1. The summed E-state index contributed by atoms with van der Waals surface area (Å²) in [5, 5.41) is 10.6. The van der Waals surface area contributed by atoms with Crippen LogP contribution in [0, 0.1) is 0 Å². The smallest absolute Gasteiger partial charge is 0.290 e. The molecule has 1 aliphatic rings. The zero-order valence-corrected chi connectivity index (χ0v) is 16.4. The lowest BCUT2D eigenvalue weighted by Gasteiger charge is -2.26. The highest BCUT2D eigenvalue weighted by molar-refractivity contribution is 6.15. The number of ketones is 1. The highest BCUT2D eigenvalue weighted by Gasteiger charge is 2.44. The molecule has 0 bridgehead atoms. The summed E-state index contributed by atoms with van der Waals surface area (Å²) in [4.78, 5) is 27.5. The quantitative estimate of drug-likeness (QED) is 0.601. The number of hydrogen-bond acceptors (Lipinski definition) is 5. The molecule has 0 spiro atoms. The van der Waals surface area contributed by atoms with Crippen LogP contribution in [0.3, 0.4) is 0 Å². The highest BCUT2D eigenvalue weighted by Crippen LogP contribution is 2.39. The van der Waals surface area contributed by atoms with Crippen LogP contribution in [-0.2, 0) is 11.2 Å².